The van der Waals surface area contributed by atoms with E-state index in [-0.39, 0.29) is 5.75 Å². The molecule has 1 aromatic heterocycles. The molecule has 0 fully saturated rings. The molecule has 3 nitrogen and oxygen atoms in total. The summed E-state index contributed by atoms with van der Waals surface area (Å²) >= 11 is 5.84. The highest BCUT2D eigenvalue weighted by molar-refractivity contribution is 6.32. The third-order valence-corrected chi connectivity index (χ3v) is 2.54. The van der Waals surface area contributed by atoms with Crippen molar-refractivity contribution in [3.05, 3.63) is 35.0 Å². The maximum absolute atomic E-state index is 9.31. The minimum absolute atomic E-state index is 0.0917. The summed E-state index contributed by atoms with van der Waals surface area (Å²) in [5.41, 5.74) is 2.88. The number of nitrogens with zero attached hydrogens (tertiary/aromatic N) is 2. The van der Waals surface area contributed by atoms with Crippen LogP contribution in [0, 0.1) is 6.92 Å². The van der Waals surface area contributed by atoms with Crippen LogP contribution in [0.4, 0.5) is 0 Å². The van der Waals surface area contributed by atoms with Crippen molar-refractivity contribution in [2.75, 3.05) is 0 Å². The van der Waals surface area contributed by atoms with Crippen LogP contribution in [0.15, 0.2) is 24.4 Å². The second-order valence-corrected chi connectivity index (χ2v) is 3.91. The summed E-state index contributed by atoms with van der Waals surface area (Å²) in [4.78, 5) is 0. The Kier molecular flexibility index (Phi) is 2.40. The lowest BCUT2D eigenvalue weighted by atomic mass is 10.1. The van der Waals surface area contributed by atoms with E-state index >= 15 is 0 Å². The molecule has 0 unspecified atom stereocenters. The molecule has 1 N–H and O–H groups in total. The van der Waals surface area contributed by atoms with Gasteiger partial charge in [0.25, 0.3) is 0 Å². The van der Waals surface area contributed by atoms with Crippen molar-refractivity contribution in [2.45, 2.75) is 6.92 Å². The van der Waals surface area contributed by atoms with E-state index in [0.717, 1.165) is 16.8 Å². The van der Waals surface area contributed by atoms with Crippen molar-refractivity contribution < 1.29 is 5.11 Å². The summed E-state index contributed by atoms with van der Waals surface area (Å²) in [6.45, 7) is 1.99. The topological polar surface area (TPSA) is 38.0 Å². The normalized spacial score (nSPS) is 10.6. The number of aromatic nitrogens is 2. The maximum Gasteiger partial charge on any atom is 0.134 e. The largest absolute Gasteiger partial charge is 0.506 e. The van der Waals surface area contributed by atoms with Gasteiger partial charge in [-0.2, -0.15) is 5.10 Å². The Morgan fingerprint density at radius 3 is 2.67 bits per heavy atom. The molecule has 0 amide bonds. The van der Waals surface area contributed by atoms with Crippen molar-refractivity contribution >= 4 is 11.6 Å². The predicted octanol–water partition coefficient (Wildman–Crippen LogP) is 2.75. The Bertz CT molecular complexity index is 505. The highest BCUT2D eigenvalue weighted by Gasteiger charge is 2.08. The molecule has 2 aromatic rings. The quantitative estimate of drug-likeness (QED) is 0.806. The molecule has 0 saturated carbocycles. The first kappa shape index (κ1) is 10.1. The molecule has 78 valence electrons. The number of aryl methyl sites for hydroxylation is 2. The third-order valence-electron chi connectivity index (χ3n) is 2.23. The fourth-order valence-corrected chi connectivity index (χ4v) is 1.73. The SMILES string of the molecule is Cc1cn(C)nc1-c1ccc(O)c(Cl)c1. The summed E-state index contributed by atoms with van der Waals surface area (Å²) in [6.07, 6.45) is 1.94. The lowest BCUT2D eigenvalue weighted by Gasteiger charge is -2.01. The number of hydrogen-bond acceptors (Lipinski definition) is 2. The minimum atomic E-state index is 0.0917. The molecule has 4 heteroatoms. The molecular weight excluding hydrogens is 212 g/mol. The number of phenols is 1. The highest BCUT2D eigenvalue weighted by atomic mass is 35.5. The van der Waals surface area contributed by atoms with Crippen LogP contribution in [0.3, 0.4) is 0 Å². The van der Waals surface area contributed by atoms with Crippen molar-refractivity contribution in [3.63, 3.8) is 0 Å². The molecule has 0 saturated heterocycles. The van der Waals surface area contributed by atoms with Crippen LogP contribution in [0.2, 0.25) is 5.02 Å². The molecule has 0 radical (unpaired) electrons. The molecule has 2 rings (SSSR count). The van der Waals surface area contributed by atoms with Gasteiger partial charge in [0, 0.05) is 18.8 Å². The van der Waals surface area contributed by atoms with Crippen LogP contribution in [-0.2, 0) is 7.05 Å². The van der Waals surface area contributed by atoms with E-state index in [1.54, 1.807) is 22.9 Å². The van der Waals surface area contributed by atoms with E-state index in [4.69, 9.17) is 11.6 Å². The van der Waals surface area contributed by atoms with Crippen molar-refractivity contribution in [1.82, 2.24) is 9.78 Å². The number of hydrogen-bond donors (Lipinski definition) is 1. The van der Waals surface area contributed by atoms with Gasteiger partial charge in [-0.25, -0.2) is 0 Å². The van der Waals surface area contributed by atoms with E-state index in [1.165, 1.54) is 0 Å². The molecule has 15 heavy (non-hydrogen) atoms. The number of phenolic OH excluding ortho intramolecular Hbond substituents is 1. The molecule has 1 heterocycles. The highest BCUT2D eigenvalue weighted by Crippen LogP contribution is 2.29. The second-order valence-electron chi connectivity index (χ2n) is 3.50. The van der Waals surface area contributed by atoms with Crippen molar-refractivity contribution in [1.29, 1.82) is 0 Å². The molecule has 0 aliphatic rings. The molecule has 0 spiro atoms. The third kappa shape index (κ3) is 1.83. The van der Waals surface area contributed by atoms with Crippen LogP contribution in [0.25, 0.3) is 11.3 Å². The Hall–Kier alpha value is -1.48. The molecule has 0 atom stereocenters. The van der Waals surface area contributed by atoms with E-state index in [0.29, 0.717) is 5.02 Å². The van der Waals surface area contributed by atoms with Crippen LogP contribution in [-0.4, -0.2) is 14.9 Å². The van der Waals surface area contributed by atoms with Crippen LogP contribution in [0.1, 0.15) is 5.56 Å². The van der Waals surface area contributed by atoms with Gasteiger partial charge in [-0.3, -0.25) is 4.68 Å². The predicted molar refractivity (Wildman–Crippen MR) is 60.1 cm³/mol. The zero-order valence-electron chi connectivity index (χ0n) is 8.53. The van der Waals surface area contributed by atoms with Gasteiger partial charge < -0.3 is 5.11 Å². The summed E-state index contributed by atoms with van der Waals surface area (Å²) in [5, 5.41) is 14.0. The Morgan fingerprint density at radius 1 is 1.40 bits per heavy atom. The van der Waals surface area contributed by atoms with E-state index < -0.39 is 0 Å². The lowest BCUT2D eigenvalue weighted by Crippen LogP contribution is -1.87. The van der Waals surface area contributed by atoms with Gasteiger partial charge in [0.05, 0.1) is 10.7 Å². The summed E-state index contributed by atoms with van der Waals surface area (Å²) < 4.78 is 1.76. The summed E-state index contributed by atoms with van der Waals surface area (Å²) in [5.74, 6) is 0.0917. The van der Waals surface area contributed by atoms with Gasteiger partial charge in [-0.1, -0.05) is 11.6 Å². The Balaban J connectivity index is 2.54. The zero-order chi connectivity index (χ0) is 11.0. The number of benzene rings is 1. The fourth-order valence-electron chi connectivity index (χ4n) is 1.55. The van der Waals surface area contributed by atoms with Gasteiger partial charge in [0.2, 0.25) is 0 Å². The second kappa shape index (κ2) is 3.59. The monoisotopic (exact) mass is 222 g/mol. The zero-order valence-corrected chi connectivity index (χ0v) is 9.28. The standard InChI is InChI=1S/C11H11ClN2O/c1-7-6-14(2)13-11(7)8-3-4-10(15)9(12)5-8/h3-6,15H,1-2H3. The fraction of sp³-hybridized carbons (Fsp3) is 0.182. The number of rotatable bonds is 1. The summed E-state index contributed by atoms with van der Waals surface area (Å²) in [6, 6.07) is 5.09. The maximum atomic E-state index is 9.31. The van der Waals surface area contributed by atoms with Crippen LogP contribution >= 0.6 is 11.6 Å². The lowest BCUT2D eigenvalue weighted by molar-refractivity contribution is 0.475. The van der Waals surface area contributed by atoms with E-state index in [2.05, 4.69) is 5.10 Å². The van der Waals surface area contributed by atoms with Gasteiger partial charge in [-0.15, -0.1) is 0 Å². The van der Waals surface area contributed by atoms with Crippen LogP contribution in [0.5, 0.6) is 5.75 Å². The minimum Gasteiger partial charge on any atom is -0.506 e. The molecule has 1 aromatic carbocycles. The molecule has 0 aliphatic heterocycles. The van der Waals surface area contributed by atoms with Gasteiger partial charge >= 0.3 is 0 Å². The molecular formula is C11H11ClN2O. The average Bonchev–Trinajstić information content (AvgIpc) is 2.50. The molecule has 0 aliphatic carbocycles. The van der Waals surface area contributed by atoms with Gasteiger partial charge in [-0.05, 0) is 30.7 Å². The van der Waals surface area contributed by atoms with E-state index in [1.807, 2.05) is 20.2 Å². The summed E-state index contributed by atoms with van der Waals surface area (Å²) in [7, 11) is 1.87. The number of halogens is 1. The number of aromatic hydroxyl groups is 1. The van der Waals surface area contributed by atoms with Gasteiger partial charge in [0.15, 0.2) is 0 Å². The van der Waals surface area contributed by atoms with Gasteiger partial charge in [0.1, 0.15) is 5.75 Å². The van der Waals surface area contributed by atoms with Crippen molar-refractivity contribution in [2.24, 2.45) is 7.05 Å². The molecule has 0 bridgehead atoms. The first-order chi connectivity index (χ1) is 7.08. The first-order valence-electron chi connectivity index (χ1n) is 4.57. The van der Waals surface area contributed by atoms with E-state index in [9.17, 15) is 5.11 Å². The Morgan fingerprint density at radius 2 is 2.13 bits per heavy atom. The Labute approximate surface area is 92.9 Å². The first-order valence-corrected chi connectivity index (χ1v) is 4.95. The smallest absolute Gasteiger partial charge is 0.134 e. The van der Waals surface area contributed by atoms with Crippen molar-refractivity contribution in [3.8, 4) is 17.0 Å². The average molecular weight is 223 g/mol. The van der Waals surface area contributed by atoms with Crippen LogP contribution < -0.4 is 0 Å².